The number of amides is 2. The molecule has 2 N–H and O–H groups in total. The van der Waals surface area contributed by atoms with Gasteiger partial charge in [0.1, 0.15) is 12.0 Å². The van der Waals surface area contributed by atoms with Gasteiger partial charge in [0.25, 0.3) is 5.56 Å². The molecule has 172 valence electrons. The zero-order valence-corrected chi connectivity index (χ0v) is 18.9. The van der Waals surface area contributed by atoms with Crippen LogP contribution in [-0.2, 0) is 6.54 Å². The number of carbonyl (C=O) groups is 2. The minimum Gasteiger partial charge on any atom is -0.502 e. The standard InChI is InChI=1S/C26H24N4O4/c1-17(2)30-23(14-29(26(30)34)13-22-24(32)25(33)28-16-27-22)21-11-9-19(10-12-21)4-3-18-5-7-20(15-31)8-6-18/h5-12,15-17,23,32H,13-14H2,1-2H3,(H,27,28,33). The summed E-state index contributed by atoms with van der Waals surface area (Å²) in [5.41, 5.74) is 2.74. The van der Waals surface area contributed by atoms with Crippen LogP contribution in [0.4, 0.5) is 4.79 Å². The molecule has 2 amide bonds. The van der Waals surface area contributed by atoms with Crippen LogP contribution >= 0.6 is 0 Å². The number of nitrogens with zero attached hydrogens (tertiary/aromatic N) is 3. The molecule has 4 rings (SSSR count). The van der Waals surface area contributed by atoms with Crippen LogP contribution in [0.1, 0.15) is 52.6 Å². The third kappa shape index (κ3) is 4.69. The smallest absolute Gasteiger partial charge is 0.321 e. The van der Waals surface area contributed by atoms with E-state index in [2.05, 4.69) is 21.8 Å². The highest BCUT2D eigenvalue weighted by Gasteiger charge is 2.39. The van der Waals surface area contributed by atoms with Gasteiger partial charge >= 0.3 is 6.03 Å². The number of hydrogen-bond donors (Lipinski definition) is 2. The van der Waals surface area contributed by atoms with Crippen LogP contribution < -0.4 is 5.56 Å². The lowest BCUT2D eigenvalue weighted by molar-refractivity contribution is 0.112. The first-order valence-corrected chi connectivity index (χ1v) is 10.9. The summed E-state index contributed by atoms with van der Waals surface area (Å²) in [4.78, 5) is 45.3. The Bertz CT molecular complexity index is 1320. The fourth-order valence-electron chi connectivity index (χ4n) is 3.95. The van der Waals surface area contributed by atoms with E-state index < -0.39 is 11.3 Å². The van der Waals surface area contributed by atoms with Crippen molar-refractivity contribution < 1.29 is 14.7 Å². The van der Waals surface area contributed by atoms with E-state index in [1.165, 1.54) is 6.33 Å². The van der Waals surface area contributed by atoms with Crippen LogP contribution in [0.15, 0.2) is 59.7 Å². The number of aromatic amines is 1. The molecule has 3 aromatic rings. The summed E-state index contributed by atoms with van der Waals surface area (Å²) >= 11 is 0. The second-order valence-electron chi connectivity index (χ2n) is 8.32. The highest BCUT2D eigenvalue weighted by Crippen LogP contribution is 2.32. The van der Waals surface area contributed by atoms with Gasteiger partial charge in [0.15, 0.2) is 0 Å². The van der Waals surface area contributed by atoms with Gasteiger partial charge in [-0.3, -0.25) is 9.59 Å². The number of carbonyl (C=O) groups excluding carboxylic acids is 2. The van der Waals surface area contributed by atoms with Gasteiger partial charge in [-0.05, 0) is 43.7 Å². The van der Waals surface area contributed by atoms with E-state index in [-0.39, 0.29) is 30.4 Å². The van der Waals surface area contributed by atoms with Crippen molar-refractivity contribution in [3.05, 3.63) is 93.2 Å². The first kappa shape index (κ1) is 22.8. The Morgan fingerprint density at radius 2 is 1.71 bits per heavy atom. The zero-order valence-electron chi connectivity index (χ0n) is 18.9. The summed E-state index contributed by atoms with van der Waals surface area (Å²) < 4.78 is 0. The average molecular weight is 457 g/mol. The summed E-state index contributed by atoms with van der Waals surface area (Å²) in [6.07, 6.45) is 2.01. The topological polar surface area (TPSA) is 107 Å². The molecule has 2 aromatic carbocycles. The van der Waals surface area contributed by atoms with E-state index in [0.717, 1.165) is 23.0 Å². The second kappa shape index (κ2) is 9.63. The SMILES string of the molecule is CC(C)N1C(=O)N(Cc2nc[nH]c(=O)c2O)CC1c1ccc(C#Cc2ccc(C=O)cc2)cc1. The molecule has 1 fully saturated rings. The molecule has 0 saturated carbocycles. The number of urea groups is 1. The summed E-state index contributed by atoms with van der Waals surface area (Å²) in [7, 11) is 0. The van der Waals surface area contributed by atoms with Crippen molar-refractivity contribution in [1.29, 1.82) is 0 Å². The molecule has 1 atom stereocenters. The molecule has 0 aliphatic carbocycles. The Kier molecular flexibility index (Phi) is 6.46. The van der Waals surface area contributed by atoms with Gasteiger partial charge in [-0.15, -0.1) is 0 Å². The Morgan fingerprint density at radius 1 is 1.09 bits per heavy atom. The molecular formula is C26H24N4O4. The van der Waals surface area contributed by atoms with E-state index >= 15 is 0 Å². The van der Waals surface area contributed by atoms with Gasteiger partial charge in [0, 0.05) is 29.3 Å². The van der Waals surface area contributed by atoms with Gasteiger partial charge in [-0.2, -0.15) is 0 Å². The molecule has 0 bridgehead atoms. The predicted octanol–water partition coefficient (Wildman–Crippen LogP) is 3.08. The maximum absolute atomic E-state index is 13.1. The summed E-state index contributed by atoms with van der Waals surface area (Å²) in [5, 5.41) is 10.0. The van der Waals surface area contributed by atoms with Gasteiger partial charge in [-0.1, -0.05) is 36.1 Å². The van der Waals surface area contributed by atoms with Crippen LogP contribution in [-0.4, -0.2) is 49.8 Å². The number of aromatic hydroxyl groups is 1. The number of benzene rings is 2. The first-order chi connectivity index (χ1) is 16.4. The molecule has 1 aromatic heterocycles. The average Bonchev–Trinajstić information content (AvgIpc) is 3.17. The third-order valence-electron chi connectivity index (χ3n) is 5.72. The predicted molar refractivity (Wildman–Crippen MR) is 126 cm³/mol. The van der Waals surface area contributed by atoms with Crippen LogP contribution in [0, 0.1) is 11.8 Å². The normalized spacial score (nSPS) is 15.4. The molecule has 8 nitrogen and oxygen atoms in total. The van der Waals surface area contributed by atoms with Gasteiger partial charge < -0.3 is 19.9 Å². The Hall–Kier alpha value is -4.38. The lowest BCUT2D eigenvalue weighted by Crippen LogP contribution is -2.37. The summed E-state index contributed by atoms with van der Waals surface area (Å²) in [6.45, 7) is 4.35. The van der Waals surface area contributed by atoms with Crippen LogP contribution in [0.5, 0.6) is 5.75 Å². The molecule has 0 radical (unpaired) electrons. The number of rotatable bonds is 5. The molecule has 0 spiro atoms. The molecule has 1 saturated heterocycles. The number of H-pyrrole nitrogens is 1. The van der Waals surface area contributed by atoms with Crippen molar-refractivity contribution in [3.63, 3.8) is 0 Å². The summed E-state index contributed by atoms with van der Waals surface area (Å²) in [6, 6.07) is 14.4. The van der Waals surface area contributed by atoms with Crippen molar-refractivity contribution in [2.24, 2.45) is 0 Å². The van der Waals surface area contributed by atoms with Crippen LogP contribution in [0.25, 0.3) is 0 Å². The lowest BCUT2D eigenvalue weighted by Gasteiger charge is -2.27. The molecule has 1 aliphatic heterocycles. The number of nitrogens with one attached hydrogen (secondary N) is 1. The lowest BCUT2D eigenvalue weighted by atomic mass is 10.0. The van der Waals surface area contributed by atoms with Crippen molar-refractivity contribution in [2.45, 2.75) is 32.5 Å². The zero-order chi connectivity index (χ0) is 24.2. The largest absolute Gasteiger partial charge is 0.502 e. The number of aromatic nitrogens is 2. The highest BCUT2D eigenvalue weighted by atomic mass is 16.3. The first-order valence-electron chi connectivity index (χ1n) is 10.9. The van der Waals surface area contributed by atoms with Crippen molar-refractivity contribution in [1.82, 2.24) is 19.8 Å². The fraction of sp³-hybridized carbons (Fsp3) is 0.231. The summed E-state index contributed by atoms with van der Waals surface area (Å²) in [5.74, 6) is 5.72. The van der Waals surface area contributed by atoms with Crippen LogP contribution in [0.3, 0.4) is 0 Å². The van der Waals surface area contributed by atoms with E-state index in [4.69, 9.17) is 0 Å². The molecular weight excluding hydrogens is 432 g/mol. The number of hydrogen-bond acceptors (Lipinski definition) is 5. The fourth-order valence-corrected chi connectivity index (χ4v) is 3.95. The Labute approximate surface area is 196 Å². The quantitative estimate of drug-likeness (QED) is 0.453. The minimum atomic E-state index is -0.634. The monoisotopic (exact) mass is 456 g/mol. The molecule has 2 heterocycles. The molecule has 34 heavy (non-hydrogen) atoms. The van der Waals surface area contributed by atoms with Gasteiger partial charge in [0.2, 0.25) is 5.75 Å². The minimum absolute atomic E-state index is 0.0424. The van der Waals surface area contributed by atoms with E-state index in [9.17, 15) is 19.5 Å². The highest BCUT2D eigenvalue weighted by molar-refractivity contribution is 5.78. The molecule has 1 aliphatic rings. The maximum Gasteiger partial charge on any atom is 0.321 e. The maximum atomic E-state index is 13.1. The third-order valence-corrected chi connectivity index (χ3v) is 5.72. The molecule has 1 unspecified atom stereocenters. The number of aldehydes is 1. The Balaban J connectivity index is 1.53. The van der Waals surface area contributed by atoms with Crippen molar-refractivity contribution in [3.8, 4) is 17.6 Å². The van der Waals surface area contributed by atoms with Crippen molar-refractivity contribution >= 4 is 12.3 Å². The van der Waals surface area contributed by atoms with Gasteiger partial charge in [-0.25, -0.2) is 9.78 Å². The van der Waals surface area contributed by atoms with Crippen molar-refractivity contribution in [2.75, 3.05) is 6.54 Å². The van der Waals surface area contributed by atoms with E-state index in [0.29, 0.717) is 12.1 Å². The molecule has 8 heteroatoms. The van der Waals surface area contributed by atoms with E-state index in [1.54, 1.807) is 34.1 Å². The Morgan fingerprint density at radius 3 is 2.29 bits per heavy atom. The van der Waals surface area contributed by atoms with E-state index in [1.807, 2.05) is 38.1 Å². The van der Waals surface area contributed by atoms with Crippen LogP contribution in [0.2, 0.25) is 0 Å². The van der Waals surface area contributed by atoms with Gasteiger partial charge in [0.05, 0.1) is 18.9 Å². The second-order valence-corrected chi connectivity index (χ2v) is 8.32.